The van der Waals surface area contributed by atoms with Gasteiger partial charge in [-0.05, 0) is 61.7 Å². The van der Waals surface area contributed by atoms with Crippen molar-refractivity contribution < 1.29 is 0 Å². The lowest BCUT2D eigenvalue weighted by molar-refractivity contribution is -0.0494. The zero-order chi connectivity index (χ0) is 11.4. The largest absolute Gasteiger partial charge is 0.325 e. The quantitative estimate of drug-likeness (QED) is 0.763. The minimum Gasteiger partial charge on any atom is -0.325 e. The molecule has 0 aromatic carbocycles. The van der Waals surface area contributed by atoms with E-state index in [0.717, 1.165) is 36.0 Å². The Morgan fingerprint density at radius 1 is 1.06 bits per heavy atom. The van der Waals surface area contributed by atoms with E-state index in [1.807, 2.05) is 0 Å². The fourth-order valence-electron chi connectivity index (χ4n) is 5.49. The predicted octanol–water partition coefficient (Wildman–Crippen LogP) is 1.74. The summed E-state index contributed by atoms with van der Waals surface area (Å²) in [4.78, 5) is 0. The van der Waals surface area contributed by atoms with Gasteiger partial charge in [0, 0.05) is 13.0 Å². The van der Waals surface area contributed by atoms with Gasteiger partial charge < -0.3 is 11.2 Å². The van der Waals surface area contributed by atoms with Gasteiger partial charge in [-0.3, -0.25) is 0 Å². The highest BCUT2D eigenvalue weighted by molar-refractivity contribution is 5.87. The molecule has 0 amide bonds. The highest BCUT2D eigenvalue weighted by Crippen LogP contribution is 2.57. The second-order valence-corrected chi connectivity index (χ2v) is 6.83. The Bertz CT molecular complexity index is 321. The second-order valence-electron chi connectivity index (χ2n) is 6.83. The molecule has 0 spiro atoms. The molecule has 4 bridgehead atoms. The van der Waals surface area contributed by atoms with Gasteiger partial charge in [-0.25, -0.2) is 0 Å². The molecule has 0 aromatic heterocycles. The van der Waals surface area contributed by atoms with Gasteiger partial charge in [0.1, 0.15) is 0 Å². The minimum absolute atomic E-state index is 0.614. The number of nitrogens with zero attached hydrogens (tertiary/aromatic N) is 1. The van der Waals surface area contributed by atoms with Crippen molar-refractivity contribution in [3.63, 3.8) is 0 Å². The number of rotatable bonds is 2. The molecule has 94 valence electrons. The summed E-state index contributed by atoms with van der Waals surface area (Å²) in [5.41, 5.74) is 10.3. The highest BCUT2D eigenvalue weighted by atomic mass is 15.3. The maximum absolute atomic E-state index is 5.70. The Morgan fingerprint density at radius 3 is 2.24 bits per heavy atom. The molecule has 0 aromatic rings. The van der Waals surface area contributed by atoms with Crippen LogP contribution in [0.3, 0.4) is 0 Å². The summed E-state index contributed by atoms with van der Waals surface area (Å²) in [6.45, 7) is 0.636. The summed E-state index contributed by atoms with van der Waals surface area (Å²) in [5.74, 6) is 5.04. The molecule has 1 unspecified atom stereocenters. The summed E-state index contributed by atoms with van der Waals surface area (Å²) in [6.07, 6.45) is 8.69. The normalized spacial score (nSPS) is 51.5. The van der Waals surface area contributed by atoms with Crippen LogP contribution >= 0.6 is 0 Å². The first-order valence-electron chi connectivity index (χ1n) is 7.34. The summed E-state index contributed by atoms with van der Waals surface area (Å²) in [6, 6.07) is 0.614. The van der Waals surface area contributed by atoms with E-state index in [9.17, 15) is 0 Å². The van der Waals surface area contributed by atoms with Crippen LogP contribution in [0, 0.1) is 29.6 Å². The van der Waals surface area contributed by atoms with E-state index >= 15 is 0 Å². The molecule has 17 heavy (non-hydrogen) atoms. The van der Waals surface area contributed by atoms with Gasteiger partial charge in [0.05, 0.1) is 11.8 Å². The van der Waals surface area contributed by atoms with Crippen molar-refractivity contribution >= 4 is 5.71 Å². The lowest BCUT2D eigenvalue weighted by Crippen LogP contribution is -2.51. The Morgan fingerprint density at radius 2 is 1.71 bits per heavy atom. The molecule has 3 heteroatoms. The minimum atomic E-state index is 0.614. The van der Waals surface area contributed by atoms with Crippen molar-refractivity contribution in [2.75, 3.05) is 6.54 Å². The molecule has 4 aliphatic carbocycles. The third-order valence-electron chi connectivity index (χ3n) is 5.84. The standard InChI is InChI=1S/C14H23N3/c15-7-12-6-13(17-16-12)14-10-2-8-1-9(4-10)5-11(14)3-8/h8-11,13-14,17H,1-7,15H2. The van der Waals surface area contributed by atoms with Crippen LogP contribution in [0.5, 0.6) is 0 Å². The van der Waals surface area contributed by atoms with Gasteiger partial charge in [0.25, 0.3) is 0 Å². The Hall–Kier alpha value is -0.570. The Kier molecular flexibility index (Phi) is 2.26. The fraction of sp³-hybridized carbons (Fsp3) is 0.929. The fourth-order valence-corrected chi connectivity index (χ4v) is 5.49. The van der Waals surface area contributed by atoms with Crippen molar-refractivity contribution in [1.29, 1.82) is 0 Å². The molecule has 0 saturated heterocycles. The van der Waals surface area contributed by atoms with Gasteiger partial charge in [0.2, 0.25) is 0 Å². The van der Waals surface area contributed by atoms with Gasteiger partial charge in [-0.1, -0.05) is 0 Å². The van der Waals surface area contributed by atoms with Gasteiger partial charge >= 0.3 is 0 Å². The molecule has 1 aliphatic heterocycles. The van der Waals surface area contributed by atoms with Crippen molar-refractivity contribution in [2.24, 2.45) is 40.4 Å². The van der Waals surface area contributed by atoms with E-state index in [1.165, 1.54) is 31.4 Å². The average Bonchev–Trinajstić information content (AvgIpc) is 2.76. The van der Waals surface area contributed by atoms with E-state index in [0.29, 0.717) is 12.6 Å². The van der Waals surface area contributed by atoms with E-state index in [-0.39, 0.29) is 0 Å². The molecule has 0 radical (unpaired) electrons. The smallest absolute Gasteiger partial charge is 0.0535 e. The van der Waals surface area contributed by atoms with Crippen LogP contribution in [0.2, 0.25) is 0 Å². The molecule has 1 heterocycles. The third-order valence-corrected chi connectivity index (χ3v) is 5.84. The van der Waals surface area contributed by atoms with Crippen LogP contribution in [-0.2, 0) is 0 Å². The number of hydrogen-bond donors (Lipinski definition) is 2. The molecule has 3 nitrogen and oxygen atoms in total. The zero-order valence-electron chi connectivity index (χ0n) is 10.4. The van der Waals surface area contributed by atoms with Crippen LogP contribution in [0.15, 0.2) is 5.10 Å². The monoisotopic (exact) mass is 233 g/mol. The zero-order valence-corrected chi connectivity index (χ0v) is 10.4. The van der Waals surface area contributed by atoms with Crippen molar-refractivity contribution in [3.8, 4) is 0 Å². The Balaban J connectivity index is 1.52. The lowest BCUT2D eigenvalue weighted by Gasteiger charge is -2.55. The second kappa shape index (κ2) is 3.71. The van der Waals surface area contributed by atoms with Crippen LogP contribution in [-0.4, -0.2) is 18.3 Å². The molecule has 4 saturated carbocycles. The van der Waals surface area contributed by atoms with Crippen molar-refractivity contribution in [1.82, 2.24) is 5.43 Å². The lowest BCUT2D eigenvalue weighted by atomic mass is 9.50. The molecular weight excluding hydrogens is 210 g/mol. The molecule has 5 rings (SSSR count). The van der Waals surface area contributed by atoms with Gasteiger partial charge in [-0.2, -0.15) is 5.10 Å². The third kappa shape index (κ3) is 1.55. The topological polar surface area (TPSA) is 50.4 Å². The summed E-state index contributed by atoms with van der Waals surface area (Å²) >= 11 is 0. The molecule has 1 atom stereocenters. The van der Waals surface area contributed by atoms with Gasteiger partial charge in [-0.15, -0.1) is 0 Å². The van der Waals surface area contributed by atoms with Crippen LogP contribution < -0.4 is 11.2 Å². The molecular formula is C14H23N3. The van der Waals surface area contributed by atoms with E-state index < -0.39 is 0 Å². The molecule has 4 fully saturated rings. The predicted molar refractivity (Wildman–Crippen MR) is 68.6 cm³/mol. The number of nitrogens with two attached hydrogens (primary N) is 1. The summed E-state index contributed by atoms with van der Waals surface area (Å²) in [7, 11) is 0. The average molecular weight is 233 g/mol. The highest BCUT2D eigenvalue weighted by Gasteiger charge is 2.51. The maximum Gasteiger partial charge on any atom is 0.0535 e. The van der Waals surface area contributed by atoms with Crippen molar-refractivity contribution in [2.45, 2.75) is 44.6 Å². The summed E-state index contributed by atoms with van der Waals surface area (Å²) in [5, 5.41) is 4.41. The number of hydrazone groups is 1. The van der Waals surface area contributed by atoms with E-state index in [2.05, 4.69) is 10.5 Å². The van der Waals surface area contributed by atoms with Crippen LogP contribution in [0.4, 0.5) is 0 Å². The molecule has 5 aliphatic rings. The van der Waals surface area contributed by atoms with Crippen LogP contribution in [0.1, 0.15) is 38.5 Å². The maximum atomic E-state index is 5.70. The van der Waals surface area contributed by atoms with Crippen molar-refractivity contribution in [3.05, 3.63) is 0 Å². The first-order chi connectivity index (χ1) is 8.33. The van der Waals surface area contributed by atoms with E-state index in [1.54, 1.807) is 6.42 Å². The van der Waals surface area contributed by atoms with E-state index in [4.69, 9.17) is 5.73 Å². The summed E-state index contributed by atoms with van der Waals surface area (Å²) < 4.78 is 0. The first-order valence-corrected chi connectivity index (χ1v) is 7.34. The Labute approximate surface area is 103 Å². The number of nitrogens with one attached hydrogen (secondary N) is 1. The van der Waals surface area contributed by atoms with Crippen LogP contribution in [0.25, 0.3) is 0 Å². The molecule has 3 N–H and O–H groups in total. The van der Waals surface area contributed by atoms with Gasteiger partial charge in [0.15, 0.2) is 0 Å². The number of hydrogen-bond acceptors (Lipinski definition) is 3. The first kappa shape index (κ1) is 10.4. The SMILES string of the molecule is NCC1=NNC(C2C3CC4CC(C3)CC2C4)C1.